The zero-order chi connectivity index (χ0) is 20.6. The van der Waals surface area contributed by atoms with Crippen LogP contribution in [0.5, 0.6) is 5.75 Å². The number of thiophene rings is 1. The van der Waals surface area contributed by atoms with E-state index in [1.807, 2.05) is 36.4 Å². The van der Waals surface area contributed by atoms with Crippen molar-refractivity contribution in [3.63, 3.8) is 0 Å². The van der Waals surface area contributed by atoms with E-state index in [-0.39, 0.29) is 18.9 Å². The maximum absolute atomic E-state index is 12.3. The monoisotopic (exact) mass is 426 g/mol. The minimum atomic E-state index is -0.443. The van der Waals surface area contributed by atoms with E-state index in [0.717, 1.165) is 15.3 Å². The molecular weight excluding hydrogens is 408 g/mol. The van der Waals surface area contributed by atoms with Crippen LogP contribution in [-0.2, 0) is 9.59 Å². The second-order valence-electron chi connectivity index (χ2n) is 6.07. The van der Waals surface area contributed by atoms with Gasteiger partial charge in [-0.1, -0.05) is 41.9 Å². The van der Waals surface area contributed by atoms with Crippen LogP contribution < -0.4 is 15.8 Å². The number of benzene rings is 2. The van der Waals surface area contributed by atoms with Gasteiger partial charge in [-0.05, 0) is 36.4 Å². The van der Waals surface area contributed by atoms with Crippen molar-refractivity contribution in [2.24, 2.45) is 5.73 Å². The number of para-hydroxylation sites is 2. The first-order valence-corrected chi connectivity index (χ1v) is 10.1. The Morgan fingerprint density at radius 3 is 2.62 bits per heavy atom. The molecule has 1 heterocycles. The lowest BCUT2D eigenvalue weighted by Crippen LogP contribution is -2.15. The SMILES string of the molecule is NC(=O)CCOc1ccccc1NC(=O)/C=C/c1ccc(-c2ccccc2Cl)s1. The molecule has 0 unspecified atom stereocenters. The van der Waals surface area contributed by atoms with E-state index in [1.54, 1.807) is 41.7 Å². The fourth-order valence-electron chi connectivity index (χ4n) is 2.54. The van der Waals surface area contributed by atoms with Crippen LogP contribution in [0.2, 0.25) is 5.02 Å². The van der Waals surface area contributed by atoms with Gasteiger partial charge in [0.1, 0.15) is 5.75 Å². The highest BCUT2D eigenvalue weighted by atomic mass is 35.5. The summed E-state index contributed by atoms with van der Waals surface area (Å²) in [6, 6.07) is 18.6. The number of anilines is 1. The molecule has 5 nitrogen and oxygen atoms in total. The van der Waals surface area contributed by atoms with E-state index in [1.165, 1.54) is 6.08 Å². The first-order valence-electron chi connectivity index (χ1n) is 8.87. The Morgan fingerprint density at radius 2 is 1.83 bits per heavy atom. The lowest BCUT2D eigenvalue weighted by atomic mass is 10.2. The summed E-state index contributed by atoms with van der Waals surface area (Å²) in [7, 11) is 0. The van der Waals surface area contributed by atoms with Crippen molar-refractivity contribution in [2.75, 3.05) is 11.9 Å². The fraction of sp³-hybridized carbons (Fsp3) is 0.0909. The van der Waals surface area contributed by atoms with Crippen LogP contribution >= 0.6 is 22.9 Å². The minimum Gasteiger partial charge on any atom is -0.491 e. The molecule has 2 aromatic carbocycles. The topological polar surface area (TPSA) is 81.4 Å². The smallest absolute Gasteiger partial charge is 0.248 e. The Kier molecular flexibility index (Phi) is 7.05. The van der Waals surface area contributed by atoms with Gasteiger partial charge in [-0.2, -0.15) is 0 Å². The fourth-order valence-corrected chi connectivity index (χ4v) is 3.78. The number of amides is 2. The maximum Gasteiger partial charge on any atom is 0.248 e. The molecule has 3 aromatic rings. The van der Waals surface area contributed by atoms with Crippen molar-refractivity contribution in [3.8, 4) is 16.2 Å². The van der Waals surface area contributed by atoms with E-state index < -0.39 is 5.91 Å². The number of nitrogens with two attached hydrogens (primary N) is 1. The molecule has 0 spiro atoms. The Labute approximate surface area is 177 Å². The van der Waals surface area contributed by atoms with Crippen molar-refractivity contribution >= 4 is 46.5 Å². The highest BCUT2D eigenvalue weighted by Crippen LogP contribution is 2.33. The van der Waals surface area contributed by atoms with Gasteiger partial charge < -0.3 is 15.8 Å². The third kappa shape index (κ3) is 5.94. The predicted octanol–water partition coefficient (Wildman–Crippen LogP) is 4.97. The quantitative estimate of drug-likeness (QED) is 0.498. The van der Waals surface area contributed by atoms with Crippen LogP contribution in [0.15, 0.2) is 66.7 Å². The number of carbonyl (C=O) groups excluding carboxylic acids is 2. The summed E-state index contributed by atoms with van der Waals surface area (Å²) in [6.07, 6.45) is 3.31. The van der Waals surface area contributed by atoms with Crippen molar-refractivity contribution < 1.29 is 14.3 Å². The van der Waals surface area contributed by atoms with Crippen molar-refractivity contribution in [2.45, 2.75) is 6.42 Å². The normalized spacial score (nSPS) is 10.8. The second-order valence-corrected chi connectivity index (χ2v) is 7.59. The van der Waals surface area contributed by atoms with Gasteiger partial charge in [0.25, 0.3) is 0 Å². The summed E-state index contributed by atoms with van der Waals surface area (Å²) in [4.78, 5) is 25.1. The first-order chi connectivity index (χ1) is 14.0. The van der Waals surface area contributed by atoms with Gasteiger partial charge in [-0.25, -0.2) is 0 Å². The zero-order valence-electron chi connectivity index (χ0n) is 15.4. The van der Waals surface area contributed by atoms with E-state index in [2.05, 4.69) is 5.32 Å². The minimum absolute atomic E-state index is 0.105. The molecule has 0 saturated heterocycles. The Bertz CT molecular complexity index is 1050. The molecule has 0 aliphatic rings. The van der Waals surface area contributed by atoms with Crippen LogP contribution in [0.1, 0.15) is 11.3 Å². The highest BCUT2D eigenvalue weighted by molar-refractivity contribution is 7.16. The van der Waals surface area contributed by atoms with Crippen LogP contribution in [0.25, 0.3) is 16.5 Å². The summed E-state index contributed by atoms with van der Waals surface area (Å²) in [6.45, 7) is 0.151. The Morgan fingerprint density at radius 1 is 1.07 bits per heavy atom. The molecule has 0 fully saturated rings. The number of hydrogen-bond acceptors (Lipinski definition) is 4. The molecule has 2 amide bonds. The Hall–Kier alpha value is -3.09. The summed E-state index contributed by atoms with van der Waals surface area (Å²) < 4.78 is 5.53. The van der Waals surface area contributed by atoms with Gasteiger partial charge in [0, 0.05) is 26.4 Å². The third-order valence-corrected chi connectivity index (χ3v) is 5.33. The number of hydrogen-bond donors (Lipinski definition) is 2. The van der Waals surface area contributed by atoms with Crippen molar-refractivity contribution in [1.82, 2.24) is 0 Å². The molecular formula is C22H19ClN2O3S. The molecule has 0 aliphatic carbocycles. The number of ether oxygens (including phenoxy) is 1. The average Bonchev–Trinajstić information content (AvgIpc) is 3.17. The lowest BCUT2D eigenvalue weighted by Gasteiger charge is -2.10. The maximum atomic E-state index is 12.3. The van der Waals surface area contributed by atoms with Crippen molar-refractivity contribution in [1.29, 1.82) is 0 Å². The number of carbonyl (C=O) groups is 2. The van der Waals surface area contributed by atoms with Gasteiger partial charge >= 0.3 is 0 Å². The zero-order valence-corrected chi connectivity index (χ0v) is 17.0. The van der Waals surface area contributed by atoms with Gasteiger partial charge in [-0.15, -0.1) is 11.3 Å². The van der Waals surface area contributed by atoms with Crippen LogP contribution in [0.3, 0.4) is 0 Å². The van der Waals surface area contributed by atoms with Gasteiger partial charge in [0.05, 0.1) is 18.7 Å². The molecule has 1 aromatic heterocycles. The molecule has 0 aliphatic heterocycles. The molecule has 0 atom stereocenters. The van der Waals surface area contributed by atoms with Gasteiger partial charge in [-0.3, -0.25) is 9.59 Å². The van der Waals surface area contributed by atoms with E-state index >= 15 is 0 Å². The van der Waals surface area contributed by atoms with E-state index in [0.29, 0.717) is 16.5 Å². The molecule has 148 valence electrons. The third-order valence-electron chi connectivity index (χ3n) is 3.92. The summed E-state index contributed by atoms with van der Waals surface area (Å²) in [5, 5.41) is 3.47. The number of halogens is 1. The number of rotatable bonds is 8. The predicted molar refractivity (Wildman–Crippen MR) is 118 cm³/mol. The lowest BCUT2D eigenvalue weighted by molar-refractivity contribution is -0.118. The van der Waals surface area contributed by atoms with Crippen LogP contribution in [0, 0.1) is 0 Å². The standard InChI is InChI=1S/C22H19ClN2O3S/c23-17-6-2-1-5-16(17)20-11-9-15(29-20)10-12-22(27)25-18-7-3-4-8-19(18)28-14-13-21(24)26/h1-12H,13-14H2,(H2,24,26)(H,25,27)/b12-10+. The Balaban J connectivity index is 1.64. The largest absolute Gasteiger partial charge is 0.491 e. The second kappa shape index (κ2) is 9.91. The van der Waals surface area contributed by atoms with Gasteiger partial charge in [0.15, 0.2) is 0 Å². The molecule has 0 radical (unpaired) electrons. The summed E-state index contributed by atoms with van der Waals surface area (Å²) >= 11 is 7.79. The van der Waals surface area contributed by atoms with Crippen LogP contribution in [-0.4, -0.2) is 18.4 Å². The molecule has 3 rings (SSSR count). The van der Waals surface area contributed by atoms with E-state index in [9.17, 15) is 9.59 Å². The van der Waals surface area contributed by atoms with Gasteiger partial charge in [0.2, 0.25) is 11.8 Å². The molecule has 29 heavy (non-hydrogen) atoms. The number of primary amides is 1. The van der Waals surface area contributed by atoms with Crippen LogP contribution in [0.4, 0.5) is 5.69 Å². The molecule has 7 heteroatoms. The first kappa shape index (κ1) is 20.6. The van der Waals surface area contributed by atoms with E-state index in [4.69, 9.17) is 22.1 Å². The molecule has 0 saturated carbocycles. The summed E-state index contributed by atoms with van der Waals surface area (Å²) in [5.41, 5.74) is 6.60. The summed E-state index contributed by atoms with van der Waals surface area (Å²) in [5.74, 6) is -0.252. The highest BCUT2D eigenvalue weighted by Gasteiger charge is 2.08. The van der Waals surface area contributed by atoms with Crippen molar-refractivity contribution in [3.05, 3.63) is 76.6 Å². The number of nitrogens with one attached hydrogen (secondary N) is 1. The average molecular weight is 427 g/mol. The molecule has 0 bridgehead atoms. The molecule has 3 N–H and O–H groups in total.